The molecular weight excluding hydrogens is 260 g/mol. The van der Waals surface area contributed by atoms with E-state index in [9.17, 15) is 9.59 Å². The van der Waals surface area contributed by atoms with Crippen LogP contribution in [0.5, 0.6) is 0 Å². The van der Waals surface area contributed by atoms with Gasteiger partial charge in [0.15, 0.2) is 0 Å². The van der Waals surface area contributed by atoms with Crippen molar-refractivity contribution in [2.24, 2.45) is 0 Å². The van der Waals surface area contributed by atoms with Crippen LogP contribution in [0.1, 0.15) is 45.4 Å². The van der Waals surface area contributed by atoms with Crippen molar-refractivity contribution >= 4 is 12.0 Å². The summed E-state index contributed by atoms with van der Waals surface area (Å²) < 4.78 is 5.06. The Labute approximate surface area is 120 Å². The van der Waals surface area contributed by atoms with Gasteiger partial charge in [0.25, 0.3) is 0 Å². The molecule has 0 spiro atoms. The molecule has 0 saturated carbocycles. The number of carbonyl (C=O) groups excluding carboxylic acids is 1. The Balaban J connectivity index is 2.48. The second-order valence-corrected chi connectivity index (χ2v) is 5.25. The van der Waals surface area contributed by atoms with Gasteiger partial charge in [0.05, 0.1) is 12.5 Å². The predicted molar refractivity (Wildman–Crippen MR) is 75.7 cm³/mol. The lowest BCUT2D eigenvalue weighted by Crippen LogP contribution is -2.48. The second kappa shape index (κ2) is 8.79. The highest BCUT2D eigenvalue weighted by Gasteiger charge is 2.24. The first-order valence-electron chi connectivity index (χ1n) is 7.37. The second-order valence-electron chi connectivity index (χ2n) is 5.25. The van der Waals surface area contributed by atoms with Gasteiger partial charge in [-0.3, -0.25) is 4.79 Å². The first kappa shape index (κ1) is 16.8. The molecule has 6 heteroatoms. The maximum Gasteiger partial charge on any atom is 0.317 e. The summed E-state index contributed by atoms with van der Waals surface area (Å²) in [6, 6.07) is 0.184. The van der Waals surface area contributed by atoms with Crippen molar-refractivity contribution in [2.75, 3.05) is 20.2 Å². The van der Waals surface area contributed by atoms with Crippen LogP contribution >= 0.6 is 0 Å². The number of amides is 2. The highest BCUT2D eigenvalue weighted by atomic mass is 16.5. The summed E-state index contributed by atoms with van der Waals surface area (Å²) in [5.74, 6) is -0.924. The third-order valence-corrected chi connectivity index (χ3v) is 3.83. The molecule has 20 heavy (non-hydrogen) atoms. The van der Waals surface area contributed by atoms with Crippen molar-refractivity contribution in [1.29, 1.82) is 0 Å². The summed E-state index contributed by atoms with van der Waals surface area (Å²) in [5.41, 5.74) is 0. The summed E-state index contributed by atoms with van der Waals surface area (Å²) in [4.78, 5) is 24.8. The standard InChI is InChI=1S/C14H26N2O4/c1-3-11-7-5-4-6-8-16(11)14(19)15-10-12(20-2)9-13(17)18/h11-12H,3-10H2,1-2H3,(H,15,19)(H,17,18). The number of aliphatic carboxylic acids is 1. The molecule has 2 amide bonds. The molecule has 0 aromatic heterocycles. The average Bonchev–Trinajstić information content (AvgIpc) is 2.67. The number of hydrogen-bond donors (Lipinski definition) is 2. The van der Waals surface area contributed by atoms with E-state index in [2.05, 4.69) is 12.2 Å². The fraction of sp³-hybridized carbons (Fsp3) is 0.857. The van der Waals surface area contributed by atoms with Gasteiger partial charge in [-0.05, 0) is 19.3 Å². The fourth-order valence-corrected chi connectivity index (χ4v) is 2.61. The summed E-state index contributed by atoms with van der Waals surface area (Å²) in [6.07, 6.45) is 4.79. The van der Waals surface area contributed by atoms with E-state index in [0.29, 0.717) is 0 Å². The third kappa shape index (κ3) is 5.36. The Kier molecular flexibility index (Phi) is 7.36. The van der Waals surface area contributed by atoms with Crippen LogP contribution in [-0.2, 0) is 9.53 Å². The molecule has 2 N–H and O–H groups in total. The van der Waals surface area contributed by atoms with Crippen LogP contribution in [0.4, 0.5) is 4.79 Å². The largest absolute Gasteiger partial charge is 0.481 e. The van der Waals surface area contributed by atoms with Crippen LogP contribution in [0, 0.1) is 0 Å². The molecule has 0 radical (unpaired) electrons. The fourth-order valence-electron chi connectivity index (χ4n) is 2.61. The van der Waals surface area contributed by atoms with E-state index in [-0.39, 0.29) is 25.0 Å². The van der Waals surface area contributed by atoms with E-state index in [1.54, 1.807) is 0 Å². The number of carboxylic acids is 1. The number of urea groups is 1. The maximum atomic E-state index is 12.2. The zero-order valence-corrected chi connectivity index (χ0v) is 12.4. The Morgan fingerprint density at radius 3 is 2.75 bits per heavy atom. The van der Waals surface area contributed by atoms with E-state index >= 15 is 0 Å². The van der Waals surface area contributed by atoms with Crippen LogP contribution in [0.2, 0.25) is 0 Å². The van der Waals surface area contributed by atoms with Crippen LogP contribution in [0.3, 0.4) is 0 Å². The molecule has 1 heterocycles. The molecule has 116 valence electrons. The van der Waals surface area contributed by atoms with Gasteiger partial charge in [-0.15, -0.1) is 0 Å². The normalized spacial score (nSPS) is 21.1. The topological polar surface area (TPSA) is 78.9 Å². The number of likely N-dealkylation sites (tertiary alicyclic amines) is 1. The first-order chi connectivity index (χ1) is 9.58. The van der Waals surface area contributed by atoms with E-state index in [0.717, 1.165) is 25.8 Å². The van der Waals surface area contributed by atoms with E-state index in [1.165, 1.54) is 20.0 Å². The number of nitrogens with one attached hydrogen (secondary N) is 1. The SMILES string of the molecule is CCC1CCCCCN1C(=O)NCC(CC(=O)O)OC. The molecule has 2 atom stereocenters. The highest BCUT2D eigenvalue weighted by molar-refractivity contribution is 5.74. The van der Waals surface area contributed by atoms with E-state index in [1.807, 2.05) is 4.90 Å². The number of methoxy groups -OCH3 is 1. The van der Waals surface area contributed by atoms with Gasteiger partial charge in [-0.25, -0.2) is 4.79 Å². The minimum absolute atomic E-state index is 0.103. The van der Waals surface area contributed by atoms with Crippen molar-refractivity contribution in [3.63, 3.8) is 0 Å². The summed E-state index contributed by atoms with van der Waals surface area (Å²) >= 11 is 0. The molecule has 1 aliphatic heterocycles. The Hall–Kier alpha value is -1.30. The van der Waals surface area contributed by atoms with Crippen molar-refractivity contribution < 1.29 is 19.4 Å². The monoisotopic (exact) mass is 286 g/mol. The number of hydrogen-bond acceptors (Lipinski definition) is 3. The molecular formula is C14H26N2O4. The highest BCUT2D eigenvalue weighted by Crippen LogP contribution is 2.19. The molecule has 0 aromatic rings. The van der Waals surface area contributed by atoms with E-state index in [4.69, 9.17) is 9.84 Å². The molecule has 1 fully saturated rings. The minimum Gasteiger partial charge on any atom is -0.481 e. The molecule has 2 unspecified atom stereocenters. The van der Waals surface area contributed by atoms with Crippen LogP contribution in [-0.4, -0.2) is 54.4 Å². The molecule has 1 rings (SSSR count). The average molecular weight is 286 g/mol. The smallest absolute Gasteiger partial charge is 0.317 e. The zero-order valence-electron chi connectivity index (χ0n) is 12.4. The summed E-state index contributed by atoms with van der Waals surface area (Å²) in [6.45, 7) is 3.11. The first-order valence-corrected chi connectivity index (χ1v) is 7.37. The van der Waals surface area contributed by atoms with Crippen molar-refractivity contribution in [2.45, 2.75) is 57.6 Å². The summed E-state index contributed by atoms with van der Waals surface area (Å²) in [7, 11) is 1.46. The van der Waals surface area contributed by atoms with Gasteiger partial charge >= 0.3 is 12.0 Å². The number of carboxylic acid groups (broad SMARTS) is 1. The van der Waals surface area contributed by atoms with Gasteiger partial charge < -0.3 is 20.1 Å². The van der Waals surface area contributed by atoms with Gasteiger partial charge in [-0.1, -0.05) is 19.8 Å². The lowest BCUT2D eigenvalue weighted by atomic mass is 10.1. The number of rotatable bonds is 6. The predicted octanol–water partition coefficient (Wildman–Crippen LogP) is 1.84. The molecule has 1 saturated heterocycles. The Morgan fingerprint density at radius 2 is 2.15 bits per heavy atom. The van der Waals surface area contributed by atoms with E-state index < -0.39 is 12.1 Å². The Bertz CT molecular complexity index is 322. The Morgan fingerprint density at radius 1 is 1.40 bits per heavy atom. The van der Waals surface area contributed by atoms with Crippen molar-refractivity contribution in [1.82, 2.24) is 10.2 Å². The van der Waals surface area contributed by atoms with Crippen LogP contribution in [0.25, 0.3) is 0 Å². The van der Waals surface area contributed by atoms with Crippen LogP contribution in [0.15, 0.2) is 0 Å². The lowest BCUT2D eigenvalue weighted by molar-refractivity contribution is -0.139. The quantitative estimate of drug-likeness (QED) is 0.781. The molecule has 1 aliphatic rings. The molecule has 0 aromatic carbocycles. The molecule has 6 nitrogen and oxygen atoms in total. The zero-order chi connectivity index (χ0) is 15.0. The number of ether oxygens (including phenoxy) is 1. The van der Waals surface area contributed by atoms with Crippen molar-refractivity contribution in [3.8, 4) is 0 Å². The number of carbonyl (C=O) groups is 2. The maximum absolute atomic E-state index is 12.2. The molecule has 0 bridgehead atoms. The lowest BCUT2D eigenvalue weighted by Gasteiger charge is -2.30. The van der Waals surface area contributed by atoms with Gasteiger partial charge in [0.2, 0.25) is 0 Å². The molecule has 0 aliphatic carbocycles. The van der Waals surface area contributed by atoms with Gasteiger partial charge in [0, 0.05) is 26.2 Å². The number of nitrogens with zero attached hydrogens (tertiary/aromatic N) is 1. The van der Waals surface area contributed by atoms with Crippen LogP contribution < -0.4 is 5.32 Å². The minimum atomic E-state index is -0.924. The van der Waals surface area contributed by atoms with Gasteiger partial charge in [-0.2, -0.15) is 0 Å². The van der Waals surface area contributed by atoms with Gasteiger partial charge in [0.1, 0.15) is 0 Å². The van der Waals surface area contributed by atoms with Crippen molar-refractivity contribution in [3.05, 3.63) is 0 Å². The third-order valence-electron chi connectivity index (χ3n) is 3.83. The summed E-state index contributed by atoms with van der Waals surface area (Å²) in [5, 5.41) is 11.5.